The number of halogens is 3. The van der Waals surface area contributed by atoms with Gasteiger partial charge in [-0.1, -0.05) is 18.2 Å². The number of nitriles is 1. The van der Waals surface area contributed by atoms with Gasteiger partial charge in [0.15, 0.2) is 6.19 Å². The van der Waals surface area contributed by atoms with Gasteiger partial charge >= 0.3 is 6.18 Å². The van der Waals surface area contributed by atoms with Crippen LogP contribution in [0.1, 0.15) is 5.56 Å². The van der Waals surface area contributed by atoms with Gasteiger partial charge in [-0.15, -0.1) is 0 Å². The molecule has 0 unspecified atom stereocenters. The highest BCUT2D eigenvalue weighted by Crippen LogP contribution is 2.30. The molecule has 0 aliphatic heterocycles. The second kappa shape index (κ2) is 5.69. The molecular formula is C14H9F3N2O2S. The quantitative estimate of drug-likeness (QED) is 0.642. The summed E-state index contributed by atoms with van der Waals surface area (Å²) in [7, 11) is -4.26. The smallest absolute Gasteiger partial charge is 0.200 e. The van der Waals surface area contributed by atoms with Crippen LogP contribution in [0.25, 0.3) is 0 Å². The normalized spacial score (nSPS) is 11.7. The van der Waals surface area contributed by atoms with Crippen molar-refractivity contribution in [3.63, 3.8) is 0 Å². The van der Waals surface area contributed by atoms with E-state index >= 15 is 0 Å². The Labute approximate surface area is 125 Å². The lowest BCUT2D eigenvalue weighted by atomic mass is 10.2. The maximum atomic E-state index is 12.5. The molecule has 0 atom stereocenters. The Morgan fingerprint density at radius 1 is 0.955 bits per heavy atom. The minimum absolute atomic E-state index is 0.102. The van der Waals surface area contributed by atoms with Crippen molar-refractivity contribution in [1.29, 1.82) is 5.26 Å². The van der Waals surface area contributed by atoms with Crippen molar-refractivity contribution in [3.8, 4) is 6.19 Å². The SMILES string of the molecule is N#CN(c1ccccc1)S(=O)(=O)c1ccc(C(F)(F)F)cc1. The number of nitrogens with zero attached hydrogens (tertiary/aromatic N) is 2. The van der Waals surface area contributed by atoms with Crippen LogP contribution in [0.15, 0.2) is 59.5 Å². The van der Waals surface area contributed by atoms with E-state index in [0.29, 0.717) is 16.4 Å². The van der Waals surface area contributed by atoms with Crippen LogP contribution < -0.4 is 4.31 Å². The molecule has 0 saturated heterocycles. The molecule has 2 aromatic rings. The van der Waals surface area contributed by atoms with E-state index in [1.165, 1.54) is 18.3 Å². The van der Waals surface area contributed by atoms with E-state index in [0.717, 1.165) is 12.1 Å². The number of alkyl halides is 3. The van der Waals surface area contributed by atoms with Crippen molar-refractivity contribution in [2.24, 2.45) is 0 Å². The summed E-state index contributed by atoms with van der Waals surface area (Å²) >= 11 is 0. The molecule has 0 fully saturated rings. The molecule has 4 nitrogen and oxygen atoms in total. The average Bonchev–Trinajstić information content (AvgIpc) is 2.48. The lowest BCUT2D eigenvalue weighted by Crippen LogP contribution is -2.26. The van der Waals surface area contributed by atoms with E-state index in [2.05, 4.69) is 0 Å². The first kappa shape index (κ1) is 15.9. The molecule has 22 heavy (non-hydrogen) atoms. The summed E-state index contributed by atoms with van der Waals surface area (Å²) < 4.78 is 62.6. The highest BCUT2D eigenvalue weighted by atomic mass is 32.2. The van der Waals surface area contributed by atoms with Crippen molar-refractivity contribution in [2.45, 2.75) is 11.1 Å². The summed E-state index contributed by atoms with van der Waals surface area (Å²) in [4.78, 5) is -0.397. The molecule has 0 amide bonds. The van der Waals surface area contributed by atoms with E-state index in [1.54, 1.807) is 18.2 Å². The van der Waals surface area contributed by atoms with Gasteiger partial charge in [0.2, 0.25) is 0 Å². The Bertz CT molecular complexity index is 795. The van der Waals surface area contributed by atoms with Crippen LogP contribution in [0, 0.1) is 11.5 Å². The Hall–Kier alpha value is -2.53. The highest BCUT2D eigenvalue weighted by molar-refractivity contribution is 7.93. The Morgan fingerprint density at radius 2 is 1.50 bits per heavy atom. The first-order valence-electron chi connectivity index (χ1n) is 5.94. The topological polar surface area (TPSA) is 61.2 Å². The number of para-hydroxylation sites is 1. The maximum Gasteiger partial charge on any atom is 0.416 e. The molecule has 2 aromatic carbocycles. The van der Waals surface area contributed by atoms with E-state index in [-0.39, 0.29) is 5.69 Å². The molecule has 0 saturated carbocycles. The first-order chi connectivity index (χ1) is 10.3. The number of sulfonamides is 1. The van der Waals surface area contributed by atoms with Crippen molar-refractivity contribution in [2.75, 3.05) is 4.31 Å². The van der Waals surface area contributed by atoms with Gasteiger partial charge in [-0.05, 0) is 36.4 Å². The lowest BCUT2D eigenvalue weighted by Gasteiger charge is -2.16. The van der Waals surface area contributed by atoms with Crippen LogP contribution in [-0.4, -0.2) is 8.42 Å². The van der Waals surface area contributed by atoms with E-state index in [4.69, 9.17) is 5.26 Å². The van der Waals surface area contributed by atoms with Crippen molar-refractivity contribution >= 4 is 15.7 Å². The molecule has 0 N–H and O–H groups in total. The Morgan fingerprint density at radius 3 is 1.95 bits per heavy atom. The fourth-order valence-electron chi connectivity index (χ4n) is 1.73. The summed E-state index contributed by atoms with van der Waals surface area (Å²) in [6.07, 6.45) is -3.03. The van der Waals surface area contributed by atoms with Crippen molar-refractivity contribution < 1.29 is 21.6 Å². The highest BCUT2D eigenvalue weighted by Gasteiger charge is 2.31. The molecule has 0 spiro atoms. The van der Waals surface area contributed by atoms with E-state index < -0.39 is 26.7 Å². The zero-order chi connectivity index (χ0) is 16.4. The van der Waals surface area contributed by atoms with Crippen LogP contribution in [0.4, 0.5) is 18.9 Å². The van der Waals surface area contributed by atoms with Crippen LogP contribution in [0.3, 0.4) is 0 Å². The summed E-state index contributed by atoms with van der Waals surface area (Å²) in [6.45, 7) is 0. The fourth-order valence-corrected chi connectivity index (χ4v) is 2.93. The molecule has 0 bridgehead atoms. The lowest BCUT2D eigenvalue weighted by molar-refractivity contribution is -0.137. The van der Waals surface area contributed by atoms with Gasteiger partial charge in [-0.25, -0.2) is 0 Å². The van der Waals surface area contributed by atoms with Gasteiger partial charge in [-0.2, -0.15) is 31.2 Å². The van der Waals surface area contributed by atoms with Crippen LogP contribution in [0.5, 0.6) is 0 Å². The number of benzene rings is 2. The van der Waals surface area contributed by atoms with Gasteiger partial charge < -0.3 is 0 Å². The predicted molar refractivity (Wildman–Crippen MR) is 73.2 cm³/mol. The van der Waals surface area contributed by atoms with Gasteiger partial charge in [-0.3, -0.25) is 0 Å². The largest absolute Gasteiger partial charge is 0.416 e. The van der Waals surface area contributed by atoms with Gasteiger partial charge in [0.05, 0.1) is 16.1 Å². The Balaban J connectivity index is 2.44. The first-order valence-corrected chi connectivity index (χ1v) is 7.38. The second-order valence-corrected chi connectivity index (χ2v) is 6.01. The molecule has 8 heteroatoms. The van der Waals surface area contributed by atoms with Gasteiger partial charge in [0.1, 0.15) is 0 Å². The maximum absolute atomic E-state index is 12.5. The Kier molecular flexibility index (Phi) is 4.10. The third kappa shape index (κ3) is 3.04. The zero-order valence-electron chi connectivity index (χ0n) is 10.9. The molecular weight excluding hydrogens is 317 g/mol. The summed E-state index contributed by atoms with van der Waals surface area (Å²) in [5.74, 6) is 0. The molecule has 0 aliphatic rings. The number of rotatable bonds is 3. The number of anilines is 1. The molecule has 0 radical (unpaired) electrons. The molecule has 2 rings (SSSR count). The molecule has 0 heterocycles. The van der Waals surface area contributed by atoms with E-state index in [9.17, 15) is 21.6 Å². The monoisotopic (exact) mass is 326 g/mol. The standard InChI is InChI=1S/C14H9F3N2O2S/c15-14(16,17)11-6-8-13(9-7-11)22(20,21)19(10-18)12-4-2-1-3-5-12/h1-9H. The van der Waals surface area contributed by atoms with E-state index in [1.807, 2.05) is 0 Å². The second-order valence-electron chi connectivity index (χ2n) is 4.23. The molecule has 114 valence electrons. The van der Waals surface area contributed by atoms with Crippen molar-refractivity contribution in [1.82, 2.24) is 0 Å². The minimum atomic E-state index is -4.56. The predicted octanol–water partition coefficient (Wildman–Crippen LogP) is 3.38. The minimum Gasteiger partial charge on any atom is -0.200 e. The summed E-state index contributed by atoms with van der Waals surface area (Å²) in [5.41, 5.74) is -0.862. The third-order valence-electron chi connectivity index (χ3n) is 2.80. The third-order valence-corrected chi connectivity index (χ3v) is 4.44. The van der Waals surface area contributed by atoms with Crippen LogP contribution in [-0.2, 0) is 16.2 Å². The van der Waals surface area contributed by atoms with Crippen LogP contribution >= 0.6 is 0 Å². The fraction of sp³-hybridized carbons (Fsp3) is 0.0714. The van der Waals surface area contributed by atoms with Gasteiger partial charge in [0.25, 0.3) is 10.0 Å². The average molecular weight is 326 g/mol. The molecule has 0 aliphatic carbocycles. The number of hydrogen-bond donors (Lipinski definition) is 0. The van der Waals surface area contributed by atoms with Crippen molar-refractivity contribution in [3.05, 3.63) is 60.2 Å². The summed E-state index contributed by atoms with van der Waals surface area (Å²) in [5, 5.41) is 9.08. The zero-order valence-corrected chi connectivity index (χ0v) is 11.8. The number of hydrogen-bond acceptors (Lipinski definition) is 3. The molecule has 0 aromatic heterocycles. The van der Waals surface area contributed by atoms with Crippen LogP contribution in [0.2, 0.25) is 0 Å². The summed E-state index contributed by atoms with van der Waals surface area (Å²) in [6, 6.07) is 10.5. The van der Waals surface area contributed by atoms with Gasteiger partial charge in [0, 0.05) is 0 Å².